The number of nitrogens with one attached hydrogen (secondary N) is 1. The van der Waals surface area contributed by atoms with E-state index < -0.39 is 0 Å². The number of hydrogen-bond acceptors (Lipinski definition) is 2. The van der Waals surface area contributed by atoms with Gasteiger partial charge in [-0.25, -0.2) is 4.39 Å². The maximum absolute atomic E-state index is 13.0. The molecule has 0 bridgehead atoms. The molecular formula is C14H19FN2O. The molecule has 1 saturated heterocycles. The van der Waals surface area contributed by atoms with E-state index in [-0.39, 0.29) is 11.7 Å². The molecule has 4 heteroatoms. The highest BCUT2D eigenvalue weighted by Gasteiger charge is 2.18. The first-order chi connectivity index (χ1) is 8.63. The van der Waals surface area contributed by atoms with Crippen LogP contribution in [0.3, 0.4) is 0 Å². The Hall–Kier alpha value is -1.42. The zero-order valence-electron chi connectivity index (χ0n) is 10.7. The second-order valence-electron chi connectivity index (χ2n) is 5.04. The Labute approximate surface area is 107 Å². The van der Waals surface area contributed by atoms with E-state index in [0.717, 1.165) is 19.5 Å². The van der Waals surface area contributed by atoms with Gasteiger partial charge in [-0.3, -0.25) is 9.69 Å². The molecule has 3 nitrogen and oxygen atoms in total. The average Bonchev–Trinajstić information content (AvgIpc) is 2.28. The van der Waals surface area contributed by atoms with Gasteiger partial charge in [0, 0.05) is 12.2 Å². The number of carbonyl (C=O) groups excluding carboxylic acids is 1. The fraction of sp³-hybridized carbons (Fsp3) is 0.500. The molecule has 1 aromatic rings. The monoisotopic (exact) mass is 250 g/mol. The molecule has 18 heavy (non-hydrogen) atoms. The first kappa shape index (κ1) is 13.0. The van der Waals surface area contributed by atoms with Gasteiger partial charge in [0.2, 0.25) is 5.91 Å². The molecule has 1 aromatic carbocycles. The number of anilines is 1. The Morgan fingerprint density at radius 3 is 3.11 bits per heavy atom. The molecule has 0 aromatic heterocycles. The quantitative estimate of drug-likeness (QED) is 0.894. The fourth-order valence-corrected chi connectivity index (χ4v) is 2.40. The smallest absolute Gasteiger partial charge is 0.238 e. The fourth-order valence-electron chi connectivity index (χ4n) is 2.40. The first-order valence-electron chi connectivity index (χ1n) is 6.41. The Morgan fingerprint density at radius 1 is 1.56 bits per heavy atom. The van der Waals surface area contributed by atoms with E-state index >= 15 is 0 Å². The van der Waals surface area contributed by atoms with Crippen LogP contribution in [0.1, 0.15) is 19.8 Å². The molecule has 98 valence electrons. The predicted molar refractivity (Wildman–Crippen MR) is 69.9 cm³/mol. The normalized spacial score (nSPS) is 20.7. The van der Waals surface area contributed by atoms with E-state index in [2.05, 4.69) is 17.1 Å². The Balaban J connectivity index is 1.85. The lowest BCUT2D eigenvalue weighted by atomic mass is 10.0. The molecule has 1 heterocycles. The first-order valence-corrected chi connectivity index (χ1v) is 6.41. The van der Waals surface area contributed by atoms with Crippen LogP contribution in [0.5, 0.6) is 0 Å². The minimum Gasteiger partial charge on any atom is -0.325 e. The number of amides is 1. The van der Waals surface area contributed by atoms with Crippen molar-refractivity contribution in [1.82, 2.24) is 4.90 Å². The van der Waals surface area contributed by atoms with Gasteiger partial charge < -0.3 is 5.32 Å². The van der Waals surface area contributed by atoms with Crippen LogP contribution in [-0.2, 0) is 4.79 Å². The minimum absolute atomic E-state index is 0.0744. The van der Waals surface area contributed by atoms with Crippen LogP contribution >= 0.6 is 0 Å². The average molecular weight is 250 g/mol. The molecule has 1 atom stereocenters. The number of likely N-dealkylation sites (tertiary alicyclic amines) is 1. The lowest BCUT2D eigenvalue weighted by Crippen LogP contribution is -2.39. The van der Waals surface area contributed by atoms with Crippen LogP contribution < -0.4 is 5.32 Å². The van der Waals surface area contributed by atoms with Crippen molar-refractivity contribution in [1.29, 1.82) is 0 Å². The molecule has 1 N–H and O–H groups in total. The molecule has 0 unspecified atom stereocenters. The van der Waals surface area contributed by atoms with E-state index in [1.165, 1.54) is 18.6 Å². The van der Waals surface area contributed by atoms with Crippen LogP contribution in [0.25, 0.3) is 0 Å². The SMILES string of the molecule is C[C@H]1CCCN(CC(=O)Nc2cccc(F)c2)C1. The summed E-state index contributed by atoms with van der Waals surface area (Å²) in [5.74, 6) is 0.245. The molecule has 1 fully saturated rings. The molecule has 0 radical (unpaired) electrons. The third-order valence-corrected chi connectivity index (χ3v) is 3.22. The van der Waals surface area contributed by atoms with Crippen LogP contribution in [0.4, 0.5) is 10.1 Å². The zero-order valence-corrected chi connectivity index (χ0v) is 10.7. The summed E-state index contributed by atoms with van der Waals surface area (Å²) in [6.07, 6.45) is 2.39. The second kappa shape index (κ2) is 5.96. The van der Waals surface area contributed by atoms with Crippen molar-refractivity contribution in [3.05, 3.63) is 30.1 Å². The summed E-state index contributed by atoms with van der Waals surface area (Å²) in [5, 5.41) is 2.72. The van der Waals surface area contributed by atoms with Gasteiger partial charge in [-0.2, -0.15) is 0 Å². The van der Waals surface area contributed by atoms with Crippen molar-refractivity contribution in [2.24, 2.45) is 5.92 Å². The zero-order chi connectivity index (χ0) is 13.0. The number of piperidine rings is 1. The number of halogens is 1. The highest BCUT2D eigenvalue weighted by atomic mass is 19.1. The Morgan fingerprint density at radius 2 is 2.39 bits per heavy atom. The van der Waals surface area contributed by atoms with Gasteiger partial charge in [0.05, 0.1) is 6.54 Å². The van der Waals surface area contributed by atoms with Crippen molar-refractivity contribution in [3.8, 4) is 0 Å². The van der Waals surface area contributed by atoms with Crippen LogP contribution in [0.2, 0.25) is 0 Å². The number of hydrogen-bond donors (Lipinski definition) is 1. The second-order valence-corrected chi connectivity index (χ2v) is 5.04. The molecule has 0 aliphatic carbocycles. The van der Waals surface area contributed by atoms with E-state index in [0.29, 0.717) is 18.2 Å². The van der Waals surface area contributed by atoms with Crippen molar-refractivity contribution in [3.63, 3.8) is 0 Å². The van der Waals surface area contributed by atoms with E-state index in [1.807, 2.05) is 0 Å². The van der Waals surface area contributed by atoms with Crippen LogP contribution in [0.15, 0.2) is 24.3 Å². The lowest BCUT2D eigenvalue weighted by molar-refractivity contribution is -0.117. The van der Waals surface area contributed by atoms with Gasteiger partial charge >= 0.3 is 0 Å². The summed E-state index contributed by atoms with van der Waals surface area (Å²) in [4.78, 5) is 14.0. The Bertz CT molecular complexity index is 422. The molecular weight excluding hydrogens is 231 g/mol. The van der Waals surface area contributed by atoms with Crippen molar-refractivity contribution in [2.45, 2.75) is 19.8 Å². The third-order valence-electron chi connectivity index (χ3n) is 3.22. The maximum atomic E-state index is 13.0. The van der Waals surface area contributed by atoms with Crippen molar-refractivity contribution in [2.75, 3.05) is 25.0 Å². The summed E-state index contributed by atoms with van der Waals surface area (Å²) >= 11 is 0. The molecule has 1 aliphatic heterocycles. The largest absolute Gasteiger partial charge is 0.325 e. The predicted octanol–water partition coefficient (Wildman–Crippen LogP) is 2.50. The van der Waals surface area contributed by atoms with Gasteiger partial charge in [-0.15, -0.1) is 0 Å². The van der Waals surface area contributed by atoms with Gasteiger partial charge in [0.15, 0.2) is 0 Å². The summed E-state index contributed by atoms with van der Waals surface area (Å²) in [7, 11) is 0. The van der Waals surface area contributed by atoms with Gasteiger partial charge in [0.25, 0.3) is 0 Å². The van der Waals surface area contributed by atoms with E-state index in [1.54, 1.807) is 12.1 Å². The lowest BCUT2D eigenvalue weighted by Gasteiger charge is -2.30. The minimum atomic E-state index is -0.334. The number of rotatable bonds is 3. The highest BCUT2D eigenvalue weighted by molar-refractivity contribution is 5.92. The van der Waals surface area contributed by atoms with Crippen molar-refractivity contribution < 1.29 is 9.18 Å². The summed E-state index contributed by atoms with van der Waals surface area (Å²) in [5.41, 5.74) is 0.519. The van der Waals surface area contributed by atoms with Gasteiger partial charge in [-0.05, 0) is 43.5 Å². The summed E-state index contributed by atoms with van der Waals surface area (Å²) in [6.45, 7) is 4.54. The summed E-state index contributed by atoms with van der Waals surface area (Å²) in [6, 6.07) is 5.98. The molecule has 1 amide bonds. The molecule has 2 rings (SSSR count). The molecule has 1 aliphatic rings. The standard InChI is InChI=1S/C14H19FN2O/c1-11-4-3-7-17(9-11)10-14(18)16-13-6-2-5-12(15)8-13/h2,5-6,8,11H,3-4,7,9-10H2,1H3,(H,16,18)/t11-/m0/s1. The van der Waals surface area contributed by atoms with E-state index in [9.17, 15) is 9.18 Å². The third kappa shape index (κ3) is 3.81. The number of nitrogens with zero attached hydrogens (tertiary/aromatic N) is 1. The van der Waals surface area contributed by atoms with Crippen molar-refractivity contribution >= 4 is 11.6 Å². The van der Waals surface area contributed by atoms with Gasteiger partial charge in [-0.1, -0.05) is 13.0 Å². The van der Waals surface area contributed by atoms with E-state index in [4.69, 9.17) is 0 Å². The van der Waals surface area contributed by atoms with Crippen LogP contribution in [0, 0.1) is 11.7 Å². The molecule has 0 saturated carbocycles. The maximum Gasteiger partial charge on any atom is 0.238 e. The van der Waals surface area contributed by atoms with Gasteiger partial charge in [0.1, 0.15) is 5.82 Å². The van der Waals surface area contributed by atoms with Crippen LogP contribution in [-0.4, -0.2) is 30.4 Å². The Kier molecular flexibility index (Phi) is 4.31. The summed E-state index contributed by atoms with van der Waals surface area (Å²) < 4.78 is 13.0. The topological polar surface area (TPSA) is 32.3 Å². The number of carbonyl (C=O) groups is 1. The molecule has 0 spiro atoms. The highest BCUT2D eigenvalue weighted by Crippen LogP contribution is 2.15. The number of benzene rings is 1.